The molecule has 0 radical (unpaired) electrons. The van der Waals surface area contributed by atoms with Crippen LogP contribution in [0.3, 0.4) is 0 Å². The Kier molecular flexibility index (Phi) is 8.70. The molecule has 11 heteroatoms. The molecule has 10 nitrogen and oxygen atoms in total. The molecular weight excluding hydrogens is 514 g/mol. The number of hydrogen-bond acceptors (Lipinski definition) is 9. The van der Waals surface area contributed by atoms with E-state index in [1.165, 1.54) is 7.11 Å². The molecule has 0 aliphatic heterocycles. The maximum absolute atomic E-state index is 12.0. The van der Waals surface area contributed by atoms with Crippen molar-refractivity contribution in [3.05, 3.63) is 36.2 Å². The Morgan fingerprint density at radius 1 is 1.15 bits per heavy atom. The Hall–Kier alpha value is -3.31. The summed E-state index contributed by atoms with van der Waals surface area (Å²) in [5.74, 6) is 0.774. The summed E-state index contributed by atoms with van der Waals surface area (Å²) in [5.41, 5.74) is 2.88. The molecule has 3 aromatic heterocycles. The zero-order chi connectivity index (χ0) is 28.2. The van der Waals surface area contributed by atoms with E-state index < -0.39 is 13.5 Å². The number of rotatable bonds is 13. The lowest BCUT2D eigenvalue weighted by Crippen LogP contribution is -2.24. The molecule has 210 valence electrons. The molecule has 0 saturated heterocycles. The van der Waals surface area contributed by atoms with Gasteiger partial charge in [0.05, 0.1) is 18.9 Å². The second-order valence-corrected chi connectivity index (χ2v) is 17.2. The number of carbonyl (C=O) groups excluding carboxylic acids is 1. The summed E-state index contributed by atoms with van der Waals surface area (Å²) in [4.78, 5) is 25.6. The van der Waals surface area contributed by atoms with Crippen molar-refractivity contribution in [3.8, 4) is 34.5 Å². The summed E-state index contributed by atoms with van der Waals surface area (Å²) in [7, 11) is 0.229. The van der Waals surface area contributed by atoms with Crippen molar-refractivity contribution in [2.45, 2.75) is 72.1 Å². The SMILES string of the molecule is COC(=O)C1(COc2cc(C)c(-c3ccc(-c4nc(OC(C)C)n(COCC[Si](C)(C)C)n4)cn3)cn2)CC1. The van der Waals surface area contributed by atoms with E-state index in [0.29, 0.717) is 24.3 Å². The van der Waals surface area contributed by atoms with Gasteiger partial charge in [-0.05, 0) is 57.4 Å². The number of hydrogen-bond donors (Lipinski definition) is 0. The summed E-state index contributed by atoms with van der Waals surface area (Å²) < 4.78 is 24.1. The van der Waals surface area contributed by atoms with Gasteiger partial charge in [0, 0.05) is 44.3 Å². The Balaban J connectivity index is 1.44. The fraction of sp³-hybridized carbons (Fsp3) is 0.536. The largest absolute Gasteiger partial charge is 0.476 e. The molecule has 0 unspecified atom stereocenters. The molecule has 4 rings (SSSR count). The van der Waals surface area contributed by atoms with Crippen LogP contribution in [0.15, 0.2) is 30.6 Å². The van der Waals surface area contributed by atoms with Crippen molar-refractivity contribution in [2.75, 3.05) is 20.3 Å². The summed E-state index contributed by atoms with van der Waals surface area (Å²) in [6.45, 7) is 14.1. The standard InChI is InChI=1S/C28H39N5O5Si/c1-19(2)38-27-31-25(32-33(27)18-36-12-13-39(5,6)7)21-8-9-23(29-15-21)22-16-30-24(14-20(22)3)37-17-28(10-11-28)26(34)35-4/h8-9,14-16,19H,10-13,17-18H2,1-7H3. The summed E-state index contributed by atoms with van der Waals surface area (Å²) in [6, 6.07) is 7.22. The van der Waals surface area contributed by atoms with Crippen LogP contribution in [0.2, 0.25) is 25.7 Å². The first-order chi connectivity index (χ1) is 18.5. The maximum atomic E-state index is 12.0. The van der Waals surface area contributed by atoms with Crippen LogP contribution >= 0.6 is 0 Å². The summed E-state index contributed by atoms with van der Waals surface area (Å²) in [6.07, 6.45) is 5.00. The average Bonchev–Trinajstić information content (AvgIpc) is 3.58. The van der Waals surface area contributed by atoms with E-state index in [1.807, 2.05) is 39.0 Å². The fourth-order valence-corrected chi connectivity index (χ4v) is 4.67. The van der Waals surface area contributed by atoms with Crippen LogP contribution in [-0.2, 0) is 21.0 Å². The first-order valence-corrected chi connectivity index (χ1v) is 17.0. The van der Waals surface area contributed by atoms with Gasteiger partial charge < -0.3 is 18.9 Å². The van der Waals surface area contributed by atoms with E-state index in [2.05, 4.69) is 39.7 Å². The van der Waals surface area contributed by atoms with Crippen molar-refractivity contribution in [3.63, 3.8) is 0 Å². The van der Waals surface area contributed by atoms with Gasteiger partial charge >= 0.3 is 12.0 Å². The molecule has 0 atom stereocenters. The lowest BCUT2D eigenvalue weighted by atomic mass is 10.1. The van der Waals surface area contributed by atoms with Crippen LogP contribution in [-0.4, -0.2) is 65.2 Å². The highest BCUT2D eigenvalue weighted by atomic mass is 28.3. The number of ether oxygens (including phenoxy) is 4. The molecule has 0 amide bonds. The third-order valence-corrected chi connectivity index (χ3v) is 8.24. The molecule has 1 saturated carbocycles. The number of methoxy groups -OCH3 is 1. The molecule has 0 spiro atoms. The van der Waals surface area contributed by atoms with Crippen molar-refractivity contribution < 1.29 is 23.7 Å². The Bertz CT molecular complexity index is 1280. The zero-order valence-electron chi connectivity index (χ0n) is 24.0. The van der Waals surface area contributed by atoms with Crippen LogP contribution in [0.4, 0.5) is 0 Å². The monoisotopic (exact) mass is 553 g/mol. The fourth-order valence-electron chi connectivity index (χ4n) is 3.91. The van der Waals surface area contributed by atoms with Gasteiger partial charge in [0.2, 0.25) is 5.88 Å². The molecule has 3 aromatic rings. The molecular formula is C28H39N5O5Si. The predicted molar refractivity (Wildman–Crippen MR) is 150 cm³/mol. The van der Waals surface area contributed by atoms with E-state index in [0.717, 1.165) is 41.3 Å². The van der Waals surface area contributed by atoms with Gasteiger partial charge in [0.1, 0.15) is 18.8 Å². The van der Waals surface area contributed by atoms with Gasteiger partial charge in [-0.2, -0.15) is 9.67 Å². The molecule has 3 heterocycles. The Morgan fingerprint density at radius 2 is 1.92 bits per heavy atom. The first kappa shape index (κ1) is 28.7. The Morgan fingerprint density at radius 3 is 2.51 bits per heavy atom. The second-order valence-electron chi connectivity index (χ2n) is 11.6. The normalized spacial score (nSPS) is 14.4. The number of aryl methyl sites for hydroxylation is 1. The molecule has 1 aliphatic rings. The van der Waals surface area contributed by atoms with Crippen LogP contribution in [0, 0.1) is 12.3 Å². The second kappa shape index (κ2) is 11.8. The zero-order valence-corrected chi connectivity index (χ0v) is 25.0. The molecule has 0 aromatic carbocycles. The van der Waals surface area contributed by atoms with Gasteiger partial charge in [-0.25, -0.2) is 4.98 Å². The van der Waals surface area contributed by atoms with Crippen molar-refractivity contribution in [1.29, 1.82) is 0 Å². The van der Waals surface area contributed by atoms with Gasteiger partial charge in [0.25, 0.3) is 0 Å². The smallest absolute Gasteiger partial charge is 0.317 e. The van der Waals surface area contributed by atoms with Crippen LogP contribution in [0.1, 0.15) is 32.3 Å². The number of aromatic nitrogens is 5. The molecule has 1 aliphatic carbocycles. The number of pyridine rings is 2. The van der Waals surface area contributed by atoms with Crippen LogP contribution < -0.4 is 9.47 Å². The third-order valence-electron chi connectivity index (χ3n) is 6.54. The van der Waals surface area contributed by atoms with E-state index in [9.17, 15) is 4.79 Å². The molecule has 0 N–H and O–H groups in total. The number of carbonyl (C=O) groups is 1. The maximum Gasteiger partial charge on any atom is 0.317 e. The topological polar surface area (TPSA) is 110 Å². The summed E-state index contributed by atoms with van der Waals surface area (Å²) in [5, 5.41) is 4.63. The van der Waals surface area contributed by atoms with Gasteiger partial charge in [-0.1, -0.05) is 19.6 Å². The van der Waals surface area contributed by atoms with Gasteiger partial charge in [-0.15, -0.1) is 5.10 Å². The minimum absolute atomic E-state index is 0.0408. The lowest BCUT2D eigenvalue weighted by molar-refractivity contribution is -0.148. The van der Waals surface area contributed by atoms with Crippen LogP contribution in [0.25, 0.3) is 22.6 Å². The first-order valence-electron chi connectivity index (χ1n) is 13.3. The van der Waals surface area contributed by atoms with Gasteiger partial charge in [0.15, 0.2) is 5.82 Å². The van der Waals surface area contributed by atoms with E-state index in [4.69, 9.17) is 18.9 Å². The quantitative estimate of drug-likeness (QED) is 0.161. The molecule has 39 heavy (non-hydrogen) atoms. The highest BCUT2D eigenvalue weighted by molar-refractivity contribution is 6.76. The lowest BCUT2D eigenvalue weighted by Gasteiger charge is -2.15. The number of nitrogens with zero attached hydrogens (tertiary/aromatic N) is 5. The van der Waals surface area contributed by atoms with Crippen molar-refractivity contribution >= 4 is 14.0 Å². The minimum Gasteiger partial charge on any atom is -0.476 e. The molecule has 0 bridgehead atoms. The highest BCUT2D eigenvalue weighted by Gasteiger charge is 2.52. The third kappa shape index (κ3) is 7.42. The van der Waals surface area contributed by atoms with Gasteiger partial charge in [-0.3, -0.25) is 9.78 Å². The summed E-state index contributed by atoms with van der Waals surface area (Å²) >= 11 is 0. The van der Waals surface area contributed by atoms with E-state index in [-0.39, 0.29) is 25.4 Å². The van der Waals surface area contributed by atoms with E-state index in [1.54, 1.807) is 17.1 Å². The Labute approximate surface area is 231 Å². The van der Waals surface area contributed by atoms with E-state index >= 15 is 0 Å². The predicted octanol–water partition coefficient (Wildman–Crippen LogP) is 5.14. The number of esters is 1. The van der Waals surface area contributed by atoms with Crippen molar-refractivity contribution in [2.24, 2.45) is 5.41 Å². The van der Waals surface area contributed by atoms with Crippen molar-refractivity contribution in [1.82, 2.24) is 24.7 Å². The molecule has 1 fully saturated rings. The highest BCUT2D eigenvalue weighted by Crippen LogP contribution is 2.47. The van der Waals surface area contributed by atoms with Crippen LogP contribution in [0.5, 0.6) is 11.9 Å². The average molecular weight is 554 g/mol. The minimum atomic E-state index is -1.18.